The molecule has 90 valence electrons. The summed E-state index contributed by atoms with van der Waals surface area (Å²) >= 11 is 1.68. The Labute approximate surface area is 97.0 Å². The smallest absolute Gasteiger partial charge is 0.324 e. The SMILES string of the molecule is CCCNC(C)(CSC(C)(C)C)C(=O)O. The van der Waals surface area contributed by atoms with E-state index in [2.05, 4.69) is 26.1 Å². The minimum Gasteiger partial charge on any atom is -0.480 e. The van der Waals surface area contributed by atoms with Crippen LogP contribution >= 0.6 is 11.8 Å². The van der Waals surface area contributed by atoms with Crippen LogP contribution in [0.4, 0.5) is 0 Å². The Bertz CT molecular complexity index is 213. The minimum atomic E-state index is -0.812. The molecule has 1 unspecified atom stereocenters. The Kier molecular flexibility index (Phi) is 5.67. The average Bonchev–Trinajstić information content (AvgIpc) is 2.10. The monoisotopic (exact) mass is 233 g/mol. The summed E-state index contributed by atoms with van der Waals surface area (Å²) < 4.78 is 0.102. The third kappa shape index (κ3) is 6.05. The fraction of sp³-hybridized carbons (Fsp3) is 0.909. The average molecular weight is 233 g/mol. The van der Waals surface area contributed by atoms with E-state index < -0.39 is 11.5 Å². The van der Waals surface area contributed by atoms with Gasteiger partial charge in [0.15, 0.2) is 0 Å². The molecule has 0 aromatic rings. The topological polar surface area (TPSA) is 49.3 Å². The van der Waals surface area contributed by atoms with E-state index in [1.54, 1.807) is 18.7 Å². The quantitative estimate of drug-likeness (QED) is 0.739. The molecule has 2 N–H and O–H groups in total. The summed E-state index contributed by atoms with van der Waals surface area (Å²) in [5.41, 5.74) is -0.812. The van der Waals surface area contributed by atoms with Crippen molar-refractivity contribution >= 4 is 17.7 Å². The molecule has 3 nitrogen and oxygen atoms in total. The van der Waals surface area contributed by atoms with Crippen LogP contribution < -0.4 is 5.32 Å². The second-order valence-electron chi connectivity index (χ2n) is 4.97. The third-order valence-corrected chi connectivity index (χ3v) is 3.62. The number of hydrogen-bond donors (Lipinski definition) is 2. The first-order valence-corrected chi connectivity index (χ1v) is 6.32. The van der Waals surface area contributed by atoms with Crippen LogP contribution in [0.15, 0.2) is 0 Å². The van der Waals surface area contributed by atoms with Crippen molar-refractivity contribution in [3.05, 3.63) is 0 Å². The molecule has 0 radical (unpaired) electrons. The van der Waals surface area contributed by atoms with Gasteiger partial charge < -0.3 is 10.4 Å². The van der Waals surface area contributed by atoms with Crippen molar-refractivity contribution in [2.24, 2.45) is 0 Å². The first-order chi connectivity index (χ1) is 6.71. The highest BCUT2D eigenvalue weighted by molar-refractivity contribution is 8.00. The summed E-state index contributed by atoms with van der Waals surface area (Å²) in [5, 5.41) is 12.3. The van der Waals surface area contributed by atoms with Crippen LogP contribution in [0.3, 0.4) is 0 Å². The van der Waals surface area contributed by atoms with Crippen LogP contribution in [0, 0.1) is 0 Å². The van der Waals surface area contributed by atoms with Crippen molar-refractivity contribution in [1.82, 2.24) is 5.32 Å². The lowest BCUT2D eigenvalue weighted by Gasteiger charge is -2.29. The largest absolute Gasteiger partial charge is 0.480 e. The first kappa shape index (κ1) is 14.8. The maximum Gasteiger partial charge on any atom is 0.324 e. The number of hydrogen-bond acceptors (Lipinski definition) is 3. The van der Waals surface area contributed by atoms with Gasteiger partial charge in [-0.15, -0.1) is 0 Å². The predicted octanol–water partition coefficient (Wildman–Crippen LogP) is 2.36. The van der Waals surface area contributed by atoms with Gasteiger partial charge in [0.25, 0.3) is 0 Å². The zero-order chi connectivity index (χ0) is 12.1. The predicted molar refractivity (Wildman–Crippen MR) is 66.5 cm³/mol. The molecule has 0 spiro atoms. The first-order valence-electron chi connectivity index (χ1n) is 5.33. The van der Waals surface area contributed by atoms with Gasteiger partial charge in [-0.3, -0.25) is 4.79 Å². The molecule has 0 rings (SSSR count). The summed E-state index contributed by atoms with van der Waals surface area (Å²) in [4.78, 5) is 11.2. The molecule has 0 aliphatic heterocycles. The molecule has 0 fully saturated rings. The van der Waals surface area contributed by atoms with Crippen molar-refractivity contribution < 1.29 is 9.90 Å². The zero-order valence-electron chi connectivity index (χ0n) is 10.4. The van der Waals surface area contributed by atoms with E-state index in [0.717, 1.165) is 13.0 Å². The fourth-order valence-corrected chi connectivity index (χ4v) is 1.90. The van der Waals surface area contributed by atoms with Crippen molar-refractivity contribution in [3.8, 4) is 0 Å². The summed E-state index contributed by atoms with van der Waals surface area (Å²) in [6.45, 7) is 10.8. The molecule has 15 heavy (non-hydrogen) atoms. The van der Waals surface area contributed by atoms with E-state index in [0.29, 0.717) is 5.75 Å². The number of carbonyl (C=O) groups is 1. The summed E-state index contributed by atoms with van der Waals surface area (Å²) in [5.74, 6) is -0.182. The molecule has 0 saturated carbocycles. The summed E-state index contributed by atoms with van der Waals surface area (Å²) in [7, 11) is 0. The Hall–Kier alpha value is -0.220. The fourth-order valence-electron chi connectivity index (χ4n) is 0.950. The van der Waals surface area contributed by atoms with Gasteiger partial charge in [0.05, 0.1) is 0 Å². The maximum absolute atomic E-state index is 11.2. The lowest BCUT2D eigenvalue weighted by atomic mass is 10.1. The number of aliphatic carboxylic acids is 1. The maximum atomic E-state index is 11.2. The number of nitrogens with one attached hydrogen (secondary N) is 1. The third-order valence-electron chi connectivity index (χ3n) is 2.03. The number of carboxylic acids is 1. The van der Waals surface area contributed by atoms with Crippen molar-refractivity contribution in [3.63, 3.8) is 0 Å². The molecule has 0 aromatic carbocycles. The van der Waals surface area contributed by atoms with E-state index in [1.165, 1.54) is 0 Å². The molecule has 0 bridgehead atoms. The van der Waals surface area contributed by atoms with Crippen LogP contribution in [0.5, 0.6) is 0 Å². The molecule has 1 atom stereocenters. The second kappa shape index (κ2) is 5.75. The number of carboxylic acid groups (broad SMARTS) is 1. The molecule has 0 heterocycles. The molecular formula is C11H23NO2S. The molecule has 0 aromatic heterocycles. The highest BCUT2D eigenvalue weighted by Gasteiger charge is 2.33. The van der Waals surface area contributed by atoms with Crippen LogP contribution in [0.2, 0.25) is 0 Å². The number of rotatable bonds is 6. The normalized spacial score (nSPS) is 16.1. The Morgan fingerprint density at radius 2 is 1.87 bits per heavy atom. The molecule has 0 amide bonds. The molecule has 0 saturated heterocycles. The van der Waals surface area contributed by atoms with Crippen molar-refractivity contribution in [2.45, 2.75) is 51.3 Å². The lowest BCUT2D eigenvalue weighted by Crippen LogP contribution is -2.52. The minimum absolute atomic E-state index is 0.102. The van der Waals surface area contributed by atoms with E-state index in [9.17, 15) is 9.90 Å². The van der Waals surface area contributed by atoms with Gasteiger partial charge in [0.1, 0.15) is 5.54 Å². The van der Waals surface area contributed by atoms with Gasteiger partial charge in [-0.05, 0) is 19.9 Å². The molecule has 0 aliphatic carbocycles. The second-order valence-corrected chi connectivity index (χ2v) is 6.77. The van der Waals surface area contributed by atoms with Crippen LogP contribution in [0.1, 0.15) is 41.0 Å². The standard InChI is InChI=1S/C11H23NO2S/c1-6-7-12-11(5,9(13)14)8-15-10(2,3)4/h12H,6-8H2,1-5H3,(H,13,14). The van der Waals surface area contributed by atoms with Gasteiger partial charge >= 0.3 is 5.97 Å². The Balaban J connectivity index is 4.32. The van der Waals surface area contributed by atoms with E-state index in [1.807, 2.05) is 6.92 Å². The summed E-state index contributed by atoms with van der Waals surface area (Å²) in [6.07, 6.45) is 0.947. The Morgan fingerprint density at radius 1 is 1.33 bits per heavy atom. The molecular weight excluding hydrogens is 210 g/mol. The van der Waals surface area contributed by atoms with Crippen LogP contribution in [0.25, 0.3) is 0 Å². The van der Waals surface area contributed by atoms with Gasteiger partial charge in [-0.2, -0.15) is 11.8 Å². The van der Waals surface area contributed by atoms with E-state index in [-0.39, 0.29) is 4.75 Å². The van der Waals surface area contributed by atoms with Crippen LogP contribution in [-0.2, 0) is 4.79 Å². The van der Waals surface area contributed by atoms with Crippen molar-refractivity contribution in [1.29, 1.82) is 0 Å². The lowest BCUT2D eigenvalue weighted by molar-refractivity contribution is -0.143. The Morgan fingerprint density at radius 3 is 2.20 bits per heavy atom. The van der Waals surface area contributed by atoms with Gasteiger partial charge in [-0.1, -0.05) is 27.7 Å². The van der Waals surface area contributed by atoms with Gasteiger partial charge in [0.2, 0.25) is 0 Å². The highest BCUT2D eigenvalue weighted by atomic mass is 32.2. The zero-order valence-corrected chi connectivity index (χ0v) is 11.2. The van der Waals surface area contributed by atoms with Gasteiger partial charge in [-0.25, -0.2) is 0 Å². The molecule has 0 aliphatic rings. The van der Waals surface area contributed by atoms with Crippen molar-refractivity contribution in [2.75, 3.05) is 12.3 Å². The van der Waals surface area contributed by atoms with Gasteiger partial charge in [0, 0.05) is 10.5 Å². The molecule has 4 heteroatoms. The summed E-state index contributed by atoms with van der Waals surface area (Å²) in [6, 6.07) is 0. The highest BCUT2D eigenvalue weighted by Crippen LogP contribution is 2.27. The van der Waals surface area contributed by atoms with E-state index in [4.69, 9.17) is 0 Å². The number of thioether (sulfide) groups is 1. The van der Waals surface area contributed by atoms with Crippen LogP contribution in [-0.4, -0.2) is 33.7 Å². The van der Waals surface area contributed by atoms with E-state index >= 15 is 0 Å².